The van der Waals surface area contributed by atoms with E-state index in [9.17, 15) is 13.6 Å². The van der Waals surface area contributed by atoms with Crippen molar-refractivity contribution in [2.24, 2.45) is 0 Å². The van der Waals surface area contributed by atoms with E-state index in [1.807, 2.05) is 0 Å². The zero-order chi connectivity index (χ0) is 12.7. The van der Waals surface area contributed by atoms with Crippen LogP contribution >= 0.6 is 0 Å². The average Bonchev–Trinajstić information content (AvgIpc) is 2.73. The monoisotopic (exact) mass is 247 g/mol. The van der Waals surface area contributed by atoms with Gasteiger partial charge in [0.2, 0.25) is 0 Å². The van der Waals surface area contributed by atoms with Gasteiger partial charge in [0.1, 0.15) is 17.2 Å². The minimum atomic E-state index is -0.684. The number of aromatic nitrogens is 3. The van der Waals surface area contributed by atoms with Gasteiger partial charge in [0.15, 0.2) is 0 Å². The van der Waals surface area contributed by atoms with Crippen LogP contribution in [-0.2, 0) is 0 Å². The van der Waals surface area contributed by atoms with Gasteiger partial charge in [-0.15, -0.1) is 0 Å². The molecule has 0 unspecified atom stereocenters. The van der Waals surface area contributed by atoms with Crippen molar-refractivity contribution in [3.63, 3.8) is 0 Å². The standard InChI is InChI=1S/C12H7F2N3O/c13-8-3-7(4-9(14)5-8)10-6-11-12(18)15-1-2-17(11)16-10/h1-6H,(H,15,18). The Hall–Kier alpha value is -2.50. The summed E-state index contributed by atoms with van der Waals surface area (Å²) >= 11 is 0. The molecule has 0 saturated heterocycles. The van der Waals surface area contributed by atoms with Gasteiger partial charge in [0.25, 0.3) is 5.56 Å². The third kappa shape index (κ3) is 1.67. The predicted molar refractivity (Wildman–Crippen MR) is 61.2 cm³/mol. The molecule has 6 heteroatoms. The maximum absolute atomic E-state index is 13.1. The summed E-state index contributed by atoms with van der Waals surface area (Å²) in [6, 6.07) is 4.59. The fourth-order valence-corrected chi connectivity index (χ4v) is 1.78. The van der Waals surface area contributed by atoms with Crippen molar-refractivity contribution in [2.45, 2.75) is 0 Å². The molecule has 0 saturated carbocycles. The van der Waals surface area contributed by atoms with Gasteiger partial charge in [-0.25, -0.2) is 13.3 Å². The number of nitrogens with one attached hydrogen (secondary N) is 1. The number of rotatable bonds is 1. The molecule has 0 atom stereocenters. The number of fused-ring (bicyclic) bond motifs is 1. The third-order valence-electron chi connectivity index (χ3n) is 2.56. The molecule has 1 aromatic carbocycles. The van der Waals surface area contributed by atoms with Crippen LogP contribution in [-0.4, -0.2) is 14.6 Å². The van der Waals surface area contributed by atoms with Crippen LogP contribution in [0.1, 0.15) is 0 Å². The topological polar surface area (TPSA) is 50.2 Å². The molecule has 2 heterocycles. The van der Waals surface area contributed by atoms with E-state index < -0.39 is 11.6 Å². The largest absolute Gasteiger partial charge is 0.326 e. The van der Waals surface area contributed by atoms with E-state index in [-0.39, 0.29) is 11.1 Å². The Labute approximate surface area is 99.5 Å². The zero-order valence-electron chi connectivity index (χ0n) is 9.02. The number of H-pyrrole nitrogens is 1. The van der Waals surface area contributed by atoms with Crippen LogP contribution in [0.25, 0.3) is 16.8 Å². The van der Waals surface area contributed by atoms with Crippen LogP contribution in [0.3, 0.4) is 0 Å². The van der Waals surface area contributed by atoms with E-state index in [1.165, 1.54) is 28.9 Å². The lowest BCUT2D eigenvalue weighted by molar-refractivity contribution is 0.584. The molecule has 90 valence electrons. The molecule has 0 spiro atoms. The average molecular weight is 247 g/mol. The normalized spacial score (nSPS) is 11.0. The van der Waals surface area contributed by atoms with Gasteiger partial charge >= 0.3 is 0 Å². The summed E-state index contributed by atoms with van der Waals surface area (Å²) in [5.74, 6) is -1.37. The van der Waals surface area contributed by atoms with Crippen molar-refractivity contribution in [2.75, 3.05) is 0 Å². The highest BCUT2D eigenvalue weighted by Crippen LogP contribution is 2.20. The van der Waals surface area contributed by atoms with Crippen molar-refractivity contribution in [1.29, 1.82) is 0 Å². The van der Waals surface area contributed by atoms with Gasteiger partial charge in [-0.2, -0.15) is 5.10 Å². The molecule has 0 aliphatic rings. The molecular formula is C12H7F2N3O. The minimum Gasteiger partial charge on any atom is -0.326 e. The molecule has 2 aromatic heterocycles. The molecule has 0 radical (unpaired) electrons. The molecule has 0 bridgehead atoms. The fraction of sp³-hybridized carbons (Fsp3) is 0. The van der Waals surface area contributed by atoms with Crippen molar-refractivity contribution in [3.8, 4) is 11.3 Å². The number of halogens is 2. The highest BCUT2D eigenvalue weighted by Gasteiger charge is 2.09. The van der Waals surface area contributed by atoms with Gasteiger partial charge in [0, 0.05) is 24.0 Å². The van der Waals surface area contributed by atoms with Crippen LogP contribution in [0.2, 0.25) is 0 Å². The summed E-state index contributed by atoms with van der Waals surface area (Å²) in [6.07, 6.45) is 2.99. The highest BCUT2D eigenvalue weighted by atomic mass is 19.1. The van der Waals surface area contributed by atoms with Crippen LogP contribution in [0.4, 0.5) is 8.78 Å². The first kappa shape index (κ1) is 10.6. The number of hydrogen-bond acceptors (Lipinski definition) is 2. The van der Waals surface area contributed by atoms with Crippen LogP contribution in [0, 0.1) is 11.6 Å². The van der Waals surface area contributed by atoms with Crippen LogP contribution < -0.4 is 5.56 Å². The summed E-state index contributed by atoms with van der Waals surface area (Å²) in [5.41, 5.74) is 0.631. The lowest BCUT2D eigenvalue weighted by Gasteiger charge is -1.97. The Morgan fingerprint density at radius 1 is 1.11 bits per heavy atom. The maximum atomic E-state index is 13.1. The molecule has 0 aliphatic carbocycles. The van der Waals surface area contributed by atoms with E-state index in [1.54, 1.807) is 6.20 Å². The Kier molecular flexibility index (Phi) is 2.22. The summed E-state index contributed by atoms with van der Waals surface area (Å²) in [5, 5.41) is 4.09. The molecule has 0 amide bonds. The Balaban J connectivity index is 2.25. The van der Waals surface area contributed by atoms with Gasteiger partial charge in [-0.1, -0.05) is 0 Å². The second-order valence-electron chi connectivity index (χ2n) is 3.81. The number of nitrogens with zero attached hydrogens (tertiary/aromatic N) is 2. The Bertz CT molecular complexity index is 771. The van der Waals surface area contributed by atoms with Gasteiger partial charge < -0.3 is 4.98 Å². The van der Waals surface area contributed by atoms with E-state index >= 15 is 0 Å². The van der Waals surface area contributed by atoms with Crippen LogP contribution in [0.15, 0.2) is 41.5 Å². The van der Waals surface area contributed by atoms with Crippen molar-refractivity contribution in [3.05, 3.63) is 58.6 Å². The molecular weight excluding hydrogens is 240 g/mol. The van der Waals surface area contributed by atoms with E-state index in [0.29, 0.717) is 11.2 Å². The molecule has 4 nitrogen and oxygen atoms in total. The second-order valence-corrected chi connectivity index (χ2v) is 3.81. The molecule has 0 fully saturated rings. The van der Waals surface area contributed by atoms with E-state index in [0.717, 1.165) is 6.07 Å². The SMILES string of the molecule is O=c1[nH]ccn2nc(-c3cc(F)cc(F)c3)cc12. The minimum absolute atomic E-state index is 0.288. The Morgan fingerprint density at radius 2 is 1.83 bits per heavy atom. The number of aromatic amines is 1. The van der Waals surface area contributed by atoms with Gasteiger partial charge in [0.05, 0.1) is 5.69 Å². The first-order valence-electron chi connectivity index (χ1n) is 5.17. The van der Waals surface area contributed by atoms with Crippen molar-refractivity contribution in [1.82, 2.24) is 14.6 Å². The van der Waals surface area contributed by atoms with Gasteiger partial charge in [-0.05, 0) is 18.2 Å². The van der Waals surface area contributed by atoms with Gasteiger partial charge in [-0.3, -0.25) is 4.79 Å². The first-order valence-corrected chi connectivity index (χ1v) is 5.17. The maximum Gasteiger partial charge on any atom is 0.273 e. The highest BCUT2D eigenvalue weighted by molar-refractivity contribution is 5.65. The fourth-order valence-electron chi connectivity index (χ4n) is 1.78. The van der Waals surface area contributed by atoms with E-state index in [4.69, 9.17) is 0 Å². The third-order valence-corrected chi connectivity index (χ3v) is 2.56. The Morgan fingerprint density at radius 3 is 2.50 bits per heavy atom. The smallest absolute Gasteiger partial charge is 0.273 e. The predicted octanol–water partition coefficient (Wildman–Crippen LogP) is 1.97. The molecule has 3 rings (SSSR count). The lowest BCUT2D eigenvalue weighted by atomic mass is 10.1. The quantitative estimate of drug-likeness (QED) is 0.714. The van der Waals surface area contributed by atoms with E-state index in [2.05, 4.69) is 10.1 Å². The van der Waals surface area contributed by atoms with Crippen molar-refractivity contribution < 1.29 is 8.78 Å². The lowest BCUT2D eigenvalue weighted by Crippen LogP contribution is -2.07. The summed E-state index contributed by atoms with van der Waals surface area (Å²) in [7, 11) is 0. The molecule has 18 heavy (non-hydrogen) atoms. The van der Waals surface area contributed by atoms with Crippen molar-refractivity contribution >= 4 is 5.52 Å². The van der Waals surface area contributed by atoms with Crippen LogP contribution in [0.5, 0.6) is 0 Å². The molecule has 0 aliphatic heterocycles. The summed E-state index contributed by atoms with van der Waals surface area (Å²) in [6.45, 7) is 0. The summed E-state index contributed by atoms with van der Waals surface area (Å²) < 4.78 is 27.6. The zero-order valence-corrected chi connectivity index (χ0v) is 9.02. The first-order chi connectivity index (χ1) is 8.63. The molecule has 3 aromatic rings. The second kappa shape index (κ2) is 3.76. The summed E-state index contributed by atoms with van der Waals surface area (Å²) in [4.78, 5) is 14.0. The number of benzene rings is 1. The number of hydrogen-bond donors (Lipinski definition) is 1. The molecule has 1 N–H and O–H groups in total.